The molecule has 1 aromatic rings. The van der Waals surface area contributed by atoms with E-state index in [0.717, 1.165) is 11.1 Å². The summed E-state index contributed by atoms with van der Waals surface area (Å²) in [6, 6.07) is 5.36. The third-order valence-corrected chi connectivity index (χ3v) is 3.89. The Labute approximate surface area is 108 Å². The van der Waals surface area contributed by atoms with Gasteiger partial charge in [0.2, 0.25) is 0 Å². The zero-order chi connectivity index (χ0) is 14.3. The van der Waals surface area contributed by atoms with Gasteiger partial charge in [-0.05, 0) is 36.1 Å². The van der Waals surface area contributed by atoms with E-state index in [1.54, 1.807) is 12.1 Å². The molecule has 0 aromatic heterocycles. The minimum absolute atomic E-state index is 0.132. The van der Waals surface area contributed by atoms with E-state index in [2.05, 4.69) is 4.18 Å². The molecule has 0 unspecified atom stereocenters. The summed E-state index contributed by atoms with van der Waals surface area (Å²) in [5.74, 6) is -0.185. The van der Waals surface area contributed by atoms with Crippen molar-refractivity contribution in [1.29, 1.82) is 0 Å². The largest absolute Gasteiger partial charge is 0.534 e. The maximum Gasteiger partial charge on any atom is 0.534 e. The van der Waals surface area contributed by atoms with E-state index in [1.807, 2.05) is 13.0 Å². The van der Waals surface area contributed by atoms with Gasteiger partial charge in [-0.25, -0.2) is 0 Å². The van der Waals surface area contributed by atoms with Gasteiger partial charge < -0.3 is 4.18 Å². The molecule has 0 spiro atoms. The number of rotatable bonds is 2. The second-order valence-corrected chi connectivity index (χ2v) is 5.77. The normalized spacial score (nSPS) is 15.7. The highest BCUT2D eigenvalue weighted by atomic mass is 32.2. The summed E-state index contributed by atoms with van der Waals surface area (Å²) in [6.07, 6.45) is 1.93. The monoisotopic (exact) mass is 292 g/mol. The zero-order valence-electron chi connectivity index (χ0n) is 9.99. The van der Waals surface area contributed by atoms with Crippen LogP contribution >= 0.6 is 0 Å². The van der Waals surface area contributed by atoms with E-state index in [0.29, 0.717) is 12.0 Å². The first-order chi connectivity index (χ1) is 8.71. The van der Waals surface area contributed by atoms with Crippen molar-refractivity contribution in [3.63, 3.8) is 0 Å². The highest BCUT2D eigenvalue weighted by molar-refractivity contribution is 7.87. The Morgan fingerprint density at radius 2 is 1.89 bits per heavy atom. The summed E-state index contributed by atoms with van der Waals surface area (Å²) in [6.45, 7) is 1.89. The Morgan fingerprint density at radius 3 is 2.53 bits per heavy atom. The molecule has 0 atom stereocenters. The standard InChI is InChI=1S/C12H11F3O3S/c1-8-3-2-4-9-7-10(5-6-11(8)9)18-19(16,17)12(13,14)15/h2-4,7H,5-6H2,1H3. The minimum Gasteiger partial charge on any atom is -0.381 e. The SMILES string of the molecule is Cc1cccc2c1CCC(OS(=O)(=O)C(F)(F)F)=C2. The van der Waals surface area contributed by atoms with Crippen LogP contribution in [0, 0.1) is 6.92 Å². The molecule has 0 fully saturated rings. The Hall–Kier alpha value is -1.50. The van der Waals surface area contributed by atoms with Gasteiger partial charge in [0.25, 0.3) is 0 Å². The molecule has 0 amide bonds. The summed E-state index contributed by atoms with van der Waals surface area (Å²) in [7, 11) is -5.58. The molecule has 1 aromatic carbocycles. The third-order valence-electron chi connectivity index (χ3n) is 2.88. The molecular formula is C12H11F3O3S. The highest BCUT2D eigenvalue weighted by Crippen LogP contribution is 2.32. The fourth-order valence-electron chi connectivity index (χ4n) is 1.95. The lowest BCUT2D eigenvalue weighted by molar-refractivity contribution is -0.0522. The first-order valence-electron chi connectivity index (χ1n) is 5.50. The van der Waals surface area contributed by atoms with E-state index in [4.69, 9.17) is 0 Å². The van der Waals surface area contributed by atoms with Gasteiger partial charge in [0, 0.05) is 6.42 Å². The first-order valence-corrected chi connectivity index (χ1v) is 6.91. The molecule has 2 rings (SSSR count). The van der Waals surface area contributed by atoms with E-state index in [1.165, 1.54) is 6.08 Å². The molecule has 0 aliphatic heterocycles. The van der Waals surface area contributed by atoms with E-state index in [-0.39, 0.29) is 12.2 Å². The predicted octanol–water partition coefficient (Wildman–Crippen LogP) is 3.15. The average molecular weight is 292 g/mol. The maximum atomic E-state index is 12.2. The van der Waals surface area contributed by atoms with Crippen LogP contribution in [0.4, 0.5) is 13.2 Å². The number of aryl methyl sites for hydroxylation is 1. The lowest BCUT2D eigenvalue weighted by atomic mass is 9.93. The van der Waals surface area contributed by atoms with Crippen LogP contribution in [0.25, 0.3) is 6.08 Å². The molecule has 104 valence electrons. The average Bonchev–Trinajstić information content (AvgIpc) is 2.27. The van der Waals surface area contributed by atoms with Crippen molar-refractivity contribution in [2.24, 2.45) is 0 Å². The van der Waals surface area contributed by atoms with Crippen molar-refractivity contribution in [2.75, 3.05) is 0 Å². The van der Waals surface area contributed by atoms with Gasteiger partial charge in [-0.2, -0.15) is 21.6 Å². The molecule has 1 aliphatic carbocycles. The molecule has 0 heterocycles. The lowest BCUT2D eigenvalue weighted by Crippen LogP contribution is -2.25. The molecule has 1 aliphatic rings. The molecule has 0 bridgehead atoms. The Morgan fingerprint density at radius 1 is 1.21 bits per heavy atom. The first kappa shape index (κ1) is 13.9. The number of hydrogen-bond acceptors (Lipinski definition) is 3. The quantitative estimate of drug-likeness (QED) is 0.621. The van der Waals surface area contributed by atoms with Crippen LogP contribution in [0.15, 0.2) is 24.0 Å². The van der Waals surface area contributed by atoms with Crippen molar-refractivity contribution < 1.29 is 25.8 Å². The van der Waals surface area contributed by atoms with E-state index in [9.17, 15) is 21.6 Å². The lowest BCUT2D eigenvalue weighted by Gasteiger charge is -2.19. The molecule has 7 heteroatoms. The molecule has 0 N–H and O–H groups in total. The highest BCUT2D eigenvalue weighted by Gasteiger charge is 2.48. The number of benzene rings is 1. The second kappa shape index (κ2) is 4.56. The van der Waals surface area contributed by atoms with Crippen LogP contribution in [-0.4, -0.2) is 13.9 Å². The molecule has 3 nitrogen and oxygen atoms in total. The number of allylic oxidation sites excluding steroid dienone is 1. The Kier molecular flexibility index (Phi) is 3.34. The summed E-state index contributed by atoms with van der Waals surface area (Å²) < 4.78 is 62.6. The molecular weight excluding hydrogens is 281 g/mol. The van der Waals surface area contributed by atoms with Crippen molar-refractivity contribution >= 4 is 16.2 Å². The summed E-state index contributed by atoms with van der Waals surface area (Å²) in [5.41, 5.74) is -2.69. The van der Waals surface area contributed by atoms with Crippen molar-refractivity contribution in [1.82, 2.24) is 0 Å². The van der Waals surface area contributed by atoms with Crippen molar-refractivity contribution in [2.45, 2.75) is 25.3 Å². The van der Waals surface area contributed by atoms with Crippen LogP contribution in [-0.2, 0) is 20.7 Å². The van der Waals surface area contributed by atoms with Crippen LogP contribution in [0.2, 0.25) is 0 Å². The van der Waals surface area contributed by atoms with Crippen LogP contribution < -0.4 is 0 Å². The van der Waals surface area contributed by atoms with Crippen molar-refractivity contribution in [3.8, 4) is 0 Å². The number of halogens is 3. The van der Waals surface area contributed by atoms with E-state index >= 15 is 0 Å². The predicted molar refractivity (Wildman–Crippen MR) is 63.5 cm³/mol. The molecule has 19 heavy (non-hydrogen) atoms. The Balaban J connectivity index is 2.31. The smallest absolute Gasteiger partial charge is 0.381 e. The molecule has 0 radical (unpaired) electrons. The topological polar surface area (TPSA) is 43.4 Å². The number of fused-ring (bicyclic) bond motifs is 1. The fraction of sp³-hybridized carbons (Fsp3) is 0.333. The van der Waals surface area contributed by atoms with Crippen LogP contribution in [0.5, 0.6) is 0 Å². The van der Waals surface area contributed by atoms with Gasteiger partial charge in [-0.3, -0.25) is 0 Å². The van der Waals surface area contributed by atoms with Crippen LogP contribution in [0.1, 0.15) is 23.1 Å². The molecule has 0 saturated carbocycles. The summed E-state index contributed by atoms with van der Waals surface area (Å²) in [5, 5.41) is 0. The Bertz CT molecular complexity index is 630. The van der Waals surface area contributed by atoms with Gasteiger partial charge in [0.15, 0.2) is 0 Å². The fourth-order valence-corrected chi connectivity index (χ4v) is 2.46. The van der Waals surface area contributed by atoms with Gasteiger partial charge in [0.1, 0.15) is 5.76 Å². The third kappa shape index (κ3) is 2.75. The number of alkyl halides is 3. The van der Waals surface area contributed by atoms with Gasteiger partial charge >= 0.3 is 15.6 Å². The van der Waals surface area contributed by atoms with Gasteiger partial charge in [0.05, 0.1) is 0 Å². The second-order valence-electron chi connectivity index (χ2n) is 4.24. The maximum absolute atomic E-state index is 12.2. The number of hydrogen-bond donors (Lipinski definition) is 0. The summed E-state index contributed by atoms with van der Waals surface area (Å²) in [4.78, 5) is 0. The van der Waals surface area contributed by atoms with Gasteiger partial charge in [-0.15, -0.1) is 0 Å². The van der Waals surface area contributed by atoms with Gasteiger partial charge in [-0.1, -0.05) is 18.2 Å². The molecule has 0 saturated heterocycles. The van der Waals surface area contributed by atoms with Crippen molar-refractivity contribution in [3.05, 3.63) is 40.6 Å². The summed E-state index contributed by atoms with van der Waals surface area (Å²) >= 11 is 0. The minimum atomic E-state index is -5.58. The zero-order valence-corrected chi connectivity index (χ0v) is 10.8. The van der Waals surface area contributed by atoms with Crippen LogP contribution in [0.3, 0.4) is 0 Å². The van der Waals surface area contributed by atoms with E-state index < -0.39 is 15.6 Å².